The zero-order chi connectivity index (χ0) is 15.6. The van der Waals surface area contributed by atoms with Crippen LogP contribution in [-0.4, -0.2) is 17.2 Å². The van der Waals surface area contributed by atoms with Gasteiger partial charge in [-0.1, -0.05) is 45.0 Å². The first kappa shape index (κ1) is 15.6. The minimum Gasteiger partial charge on any atom is -0.309 e. The fourth-order valence-electron chi connectivity index (χ4n) is 2.54. The Morgan fingerprint density at radius 2 is 1.62 bits per heavy atom. The first-order valence-corrected chi connectivity index (χ1v) is 7.41. The van der Waals surface area contributed by atoms with E-state index in [-0.39, 0.29) is 11.5 Å². The molecule has 3 nitrogen and oxygen atoms in total. The quantitative estimate of drug-likeness (QED) is 0.933. The average molecular weight is 283 g/mol. The predicted molar refractivity (Wildman–Crippen MR) is 87.6 cm³/mol. The minimum atomic E-state index is 0.146. The minimum absolute atomic E-state index is 0.146. The molecule has 1 unspecified atom stereocenters. The van der Waals surface area contributed by atoms with Crippen LogP contribution >= 0.6 is 0 Å². The van der Waals surface area contributed by atoms with Gasteiger partial charge in [-0.05, 0) is 49.1 Å². The van der Waals surface area contributed by atoms with E-state index >= 15 is 0 Å². The molecule has 0 radical (unpaired) electrons. The van der Waals surface area contributed by atoms with Crippen molar-refractivity contribution < 1.29 is 0 Å². The fourth-order valence-corrected chi connectivity index (χ4v) is 2.54. The van der Waals surface area contributed by atoms with Gasteiger partial charge in [0.1, 0.15) is 0 Å². The van der Waals surface area contributed by atoms with Gasteiger partial charge in [-0.2, -0.15) is 10.2 Å². The first-order chi connectivity index (χ1) is 9.82. The van der Waals surface area contributed by atoms with Gasteiger partial charge >= 0.3 is 0 Å². The van der Waals surface area contributed by atoms with Crippen molar-refractivity contribution in [2.24, 2.45) is 0 Å². The van der Waals surface area contributed by atoms with Crippen LogP contribution in [0, 0.1) is 13.8 Å². The summed E-state index contributed by atoms with van der Waals surface area (Å²) < 4.78 is 0. The number of rotatable bonds is 3. The van der Waals surface area contributed by atoms with Crippen molar-refractivity contribution in [2.75, 3.05) is 7.05 Å². The predicted octanol–water partition coefficient (Wildman–Crippen LogP) is 3.70. The number of hydrogen-bond donors (Lipinski definition) is 1. The highest BCUT2D eigenvalue weighted by Gasteiger charge is 2.18. The van der Waals surface area contributed by atoms with Crippen molar-refractivity contribution in [3.63, 3.8) is 0 Å². The summed E-state index contributed by atoms with van der Waals surface area (Å²) in [6.07, 6.45) is 0. The van der Waals surface area contributed by atoms with Crippen molar-refractivity contribution in [1.29, 1.82) is 0 Å². The van der Waals surface area contributed by atoms with Gasteiger partial charge in [0, 0.05) is 0 Å². The molecule has 0 saturated heterocycles. The Bertz CT molecular complexity index is 609. The molecule has 0 aliphatic carbocycles. The second-order valence-corrected chi connectivity index (χ2v) is 6.62. The van der Waals surface area contributed by atoms with Crippen LogP contribution in [0.4, 0.5) is 0 Å². The maximum atomic E-state index is 4.24. The Hall–Kier alpha value is -1.74. The Balaban J connectivity index is 2.40. The van der Waals surface area contributed by atoms with E-state index in [1.54, 1.807) is 0 Å². The van der Waals surface area contributed by atoms with Crippen molar-refractivity contribution >= 4 is 0 Å². The summed E-state index contributed by atoms with van der Waals surface area (Å²) >= 11 is 0. The van der Waals surface area contributed by atoms with Gasteiger partial charge in [0.05, 0.1) is 17.4 Å². The molecule has 1 heterocycles. The van der Waals surface area contributed by atoms with Crippen molar-refractivity contribution in [3.8, 4) is 0 Å². The summed E-state index contributed by atoms with van der Waals surface area (Å²) in [4.78, 5) is 0. The van der Waals surface area contributed by atoms with Crippen LogP contribution in [-0.2, 0) is 5.41 Å². The molecule has 1 aromatic carbocycles. The van der Waals surface area contributed by atoms with Crippen LogP contribution in [0.15, 0.2) is 30.3 Å². The Morgan fingerprint density at radius 1 is 1.00 bits per heavy atom. The molecule has 0 amide bonds. The lowest BCUT2D eigenvalue weighted by atomic mass is 9.85. The molecular formula is C18H25N3. The molecular weight excluding hydrogens is 258 g/mol. The number of aryl methyl sites for hydroxylation is 2. The smallest absolute Gasteiger partial charge is 0.0651 e. The van der Waals surface area contributed by atoms with Gasteiger partial charge in [0.25, 0.3) is 0 Å². The van der Waals surface area contributed by atoms with Gasteiger partial charge in [-0.3, -0.25) is 0 Å². The van der Waals surface area contributed by atoms with E-state index in [1.165, 1.54) is 16.7 Å². The zero-order valence-electron chi connectivity index (χ0n) is 13.9. The average Bonchev–Trinajstić information content (AvgIpc) is 2.43. The maximum Gasteiger partial charge on any atom is 0.0651 e. The van der Waals surface area contributed by atoms with Crippen LogP contribution in [0.3, 0.4) is 0 Å². The van der Waals surface area contributed by atoms with Gasteiger partial charge in [0.15, 0.2) is 0 Å². The highest BCUT2D eigenvalue weighted by molar-refractivity contribution is 5.36. The lowest BCUT2D eigenvalue weighted by Gasteiger charge is -2.22. The molecule has 2 rings (SSSR count). The molecule has 0 fully saturated rings. The third-order valence-electron chi connectivity index (χ3n) is 3.85. The number of aromatic nitrogens is 2. The Labute approximate surface area is 127 Å². The first-order valence-electron chi connectivity index (χ1n) is 7.41. The summed E-state index contributed by atoms with van der Waals surface area (Å²) in [5, 5.41) is 11.8. The molecule has 2 aromatic rings. The van der Waals surface area contributed by atoms with E-state index < -0.39 is 0 Å². The SMILES string of the molecule is CNC(c1ccc(C(C)(C)C)cc1)c1cc(C)nnc1C. The molecule has 1 atom stereocenters. The largest absolute Gasteiger partial charge is 0.309 e. The Kier molecular flexibility index (Phi) is 4.43. The van der Waals surface area contributed by atoms with Crippen molar-refractivity contribution in [1.82, 2.24) is 15.5 Å². The molecule has 1 aromatic heterocycles. The van der Waals surface area contributed by atoms with E-state index in [2.05, 4.69) is 66.6 Å². The molecule has 0 aliphatic heterocycles. The van der Waals surface area contributed by atoms with Crippen LogP contribution in [0.2, 0.25) is 0 Å². The van der Waals surface area contributed by atoms with Crippen LogP contribution in [0.5, 0.6) is 0 Å². The molecule has 0 aliphatic rings. The molecule has 112 valence electrons. The standard InChI is InChI=1S/C18H25N3/c1-12-11-16(13(2)21-20-12)17(19-6)14-7-9-15(10-8-14)18(3,4)5/h7-11,17,19H,1-6H3. The van der Waals surface area contributed by atoms with Crippen molar-refractivity contribution in [2.45, 2.75) is 46.1 Å². The van der Waals surface area contributed by atoms with E-state index in [4.69, 9.17) is 0 Å². The second kappa shape index (κ2) is 5.94. The summed E-state index contributed by atoms with van der Waals surface area (Å²) in [7, 11) is 1.98. The lowest BCUT2D eigenvalue weighted by molar-refractivity contribution is 0.589. The normalized spacial score (nSPS) is 13.2. The molecule has 21 heavy (non-hydrogen) atoms. The third kappa shape index (κ3) is 3.48. The molecule has 3 heteroatoms. The van der Waals surface area contributed by atoms with Crippen LogP contribution in [0.1, 0.15) is 54.9 Å². The molecule has 0 bridgehead atoms. The molecule has 0 saturated carbocycles. The van der Waals surface area contributed by atoms with Crippen LogP contribution in [0.25, 0.3) is 0 Å². The number of nitrogens with one attached hydrogen (secondary N) is 1. The van der Waals surface area contributed by atoms with E-state index in [1.807, 2.05) is 20.9 Å². The van der Waals surface area contributed by atoms with E-state index in [0.717, 1.165) is 11.4 Å². The summed E-state index contributed by atoms with van der Waals surface area (Å²) in [5.74, 6) is 0. The van der Waals surface area contributed by atoms with Crippen LogP contribution < -0.4 is 5.32 Å². The highest BCUT2D eigenvalue weighted by atomic mass is 15.1. The fraction of sp³-hybridized carbons (Fsp3) is 0.444. The van der Waals surface area contributed by atoms with Gasteiger partial charge in [-0.15, -0.1) is 0 Å². The number of nitrogens with zero attached hydrogens (tertiary/aromatic N) is 2. The summed E-state index contributed by atoms with van der Waals surface area (Å²) in [6, 6.07) is 11.1. The van der Waals surface area contributed by atoms with Gasteiger partial charge in [-0.25, -0.2) is 0 Å². The second-order valence-electron chi connectivity index (χ2n) is 6.62. The highest BCUT2D eigenvalue weighted by Crippen LogP contribution is 2.27. The van der Waals surface area contributed by atoms with E-state index in [0.29, 0.717) is 0 Å². The maximum absolute atomic E-state index is 4.24. The molecule has 1 N–H and O–H groups in total. The van der Waals surface area contributed by atoms with E-state index in [9.17, 15) is 0 Å². The van der Waals surface area contributed by atoms with Gasteiger partial charge < -0.3 is 5.32 Å². The lowest BCUT2D eigenvalue weighted by Crippen LogP contribution is -2.20. The Morgan fingerprint density at radius 3 is 2.14 bits per heavy atom. The topological polar surface area (TPSA) is 37.8 Å². The van der Waals surface area contributed by atoms with Crippen molar-refractivity contribution in [3.05, 3.63) is 58.4 Å². The third-order valence-corrected chi connectivity index (χ3v) is 3.85. The zero-order valence-corrected chi connectivity index (χ0v) is 13.9. The number of hydrogen-bond acceptors (Lipinski definition) is 3. The van der Waals surface area contributed by atoms with Gasteiger partial charge in [0.2, 0.25) is 0 Å². The monoisotopic (exact) mass is 283 g/mol. The summed E-state index contributed by atoms with van der Waals surface area (Å²) in [5.41, 5.74) is 5.89. The molecule has 0 spiro atoms. The number of benzene rings is 1. The summed E-state index contributed by atoms with van der Waals surface area (Å²) in [6.45, 7) is 10.7.